The Morgan fingerprint density at radius 1 is 1.21 bits per heavy atom. The third kappa shape index (κ3) is 0.837. The molecule has 3 fully saturated rings. The topological polar surface area (TPSA) is 37.3 Å². The van der Waals surface area contributed by atoms with Gasteiger partial charge in [-0.05, 0) is 50.4 Å². The average molecular weight is 194 g/mol. The zero-order valence-electron chi connectivity index (χ0n) is 8.92. The van der Waals surface area contributed by atoms with Gasteiger partial charge in [0.2, 0.25) is 0 Å². The monoisotopic (exact) mass is 194 g/mol. The van der Waals surface area contributed by atoms with Crippen molar-refractivity contribution in [3.8, 4) is 0 Å². The Balaban J connectivity index is 1.83. The first-order chi connectivity index (χ1) is 6.45. The summed E-state index contributed by atoms with van der Waals surface area (Å²) in [5.41, 5.74) is -0.374. The van der Waals surface area contributed by atoms with Crippen LogP contribution in [0.25, 0.3) is 0 Å². The van der Waals surface area contributed by atoms with Gasteiger partial charge in [0.05, 0.1) is 5.60 Å². The lowest BCUT2D eigenvalue weighted by atomic mass is 9.37. The van der Waals surface area contributed by atoms with E-state index in [1.807, 2.05) is 0 Å². The molecule has 0 heterocycles. The quantitative estimate of drug-likeness (QED) is 0.690. The maximum absolute atomic E-state index is 11.6. The molecule has 2 nitrogen and oxygen atoms in total. The van der Waals surface area contributed by atoms with E-state index in [0.717, 1.165) is 25.7 Å². The van der Waals surface area contributed by atoms with E-state index in [4.69, 9.17) is 0 Å². The van der Waals surface area contributed by atoms with Crippen LogP contribution in [0.1, 0.15) is 39.5 Å². The highest BCUT2D eigenvalue weighted by atomic mass is 16.3. The molecule has 0 spiro atoms. The molecule has 1 N–H and O–H groups in total. The van der Waals surface area contributed by atoms with Gasteiger partial charge in [-0.3, -0.25) is 4.79 Å². The fraction of sp³-hybridized carbons (Fsp3) is 0.917. The third-order valence-electron chi connectivity index (χ3n) is 5.14. The maximum atomic E-state index is 11.6. The molecular weight excluding hydrogens is 176 g/mol. The molecule has 2 atom stereocenters. The lowest BCUT2D eigenvalue weighted by Crippen LogP contribution is -2.70. The molecule has 2 unspecified atom stereocenters. The van der Waals surface area contributed by atoms with Crippen LogP contribution < -0.4 is 0 Å². The van der Waals surface area contributed by atoms with Crippen LogP contribution in [-0.2, 0) is 4.79 Å². The smallest absolute Gasteiger partial charge is 0.135 e. The Labute approximate surface area is 84.7 Å². The molecule has 0 radical (unpaired) electrons. The molecule has 0 amide bonds. The molecule has 0 bridgehead atoms. The summed E-state index contributed by atoms with van der Waals surface area (Å²) in [5, 5.41) is 10.00. The van der Waals surface area contributed by atoms with Crippen molar-refractivity contribution >= 4 is 5.78 Å². The Hall–Kier alpha value is -0.370. The Kier molecular flexibility index (Phi) is 1.42. The summed E-state index contributed by atoms with van der Waals surface area (Å²) in [6.07, 6.45) is 3.95. The normalized spacial score (nSPS) is 59.5. The molecular formula is C12H18O2. The van der Waals surface area contributed by atoms with Crippen LogP contribution in [0, 0.1) is 23.2 Å². The Morgan fingerprint density at radius 2 is 1.71 bits per heavy atom. The third-order valence-corrected chi connectivity index (χ3v) is 5.14. The fourth-order valence-corrected chi connectivity index (χ4v) is 4.39. The minimum Gasteiger partial charge on any atom is -0.390 e. The van der Waals surface area contributed by atoms with Gasteiger partial charge in [0, 0.05) is 5.41 Å². The van der Waals surface area contributed by atoms with Crippen LogP contribution >= 0.6 is 0 Å². The van der Waals surface area contributed by atoms with Crippen LogP contribution in [0.2, 0.25) is 0 Å². The van der Waals surface area contributed by atoms with E-state index in [0.29, 0.717) is 23.5 Å². The largest absolute Gasteiger partial charge is 0.390 e. The molecule has 3 aliphatic rings. The first-order valence-electron chi connectivity index (χ1n) is 5.68. The predicted octanol–water partition coefficient (Wildman–Crippen LogP) is 1.76. The highest BCUT2D eigenvalue weighted by Crippen LogP contribution is 2.69. The van der Waals surface area contributed by atoms with Crippen molar-refractivity contribution < 1.29 is 9.90 Å². The number of carbonyl (C=O) groups excluding carboxylic acids is 1. The molecule has 14 heavy (non-hydrogen) atoms. The molecule has 2 heteroatoms. The van der Waals surface area contributed by atoms with Gasteiger partial charge in [0.1, 0.15) is 5.78 Å². The Morgan fingerprint density at radius 3 is 2.07 bits per heavy atom. The van der Waals surface area contributed by atoms with Crippen molar-refractivity contribution in [1.82, 2.24) is 0 Å². The molecule has 0 saturated heterocycles. The van der Waals surface area contributed by atoms with Gasteiger partial charge in [0.15, 0.2) is 0 Å². The van der Waals surface area contributed by atoms with E-state index in [-0.39, 0.29) is 11.0 Å². The van der Waals surface area contributed by atoms with Crippen LogP contribution in [0.15, 0.2) is 0 Å². The van der Waals surface area contributed by atoms with E-state index < -0.39 is 0 Å². The number of hydrogen-bond donors (Lipinski definition) is 1. The zero-order chi connectivity index (χ0) is 10.1. The summed E-state index contributed by atoms with van der Waals surface area (Å²) in [6, 6.07) is 0. The highest BCUT2D eigenvalue weighted by Gasteiger charge is 2.68. The van der Waals surface area contributed by atoms with E-state index in [2.05, 4.69) is 6.92 Å². The van der Waals surface area contributed by atoms with Gasteiger partial charge in [-0.25, -0.2) is 0 Å². The van der Waals surface area contributed by atoms with E-state index in [1.54, 1.807) is 6.92 Å². The van der Waals surface area contributed by atoms with E-state index in [9.17, 15) is 9.90 Å². The molecule has 3 rings (SSSR count). The molecule has 0 aromatic heterocycles. The minimum absolute atomic E-state index is 0.0758. The summed E-state index contributed by atoms with van der Waals surface area (Å²) < 4.78 is 0. The predicted molar refractivity (Wildman–Crippen MR) is 52.7 cm³/mol. The summed E-state index contributed by atoms with van der Waals surface area (Å²) in [6.45, 7) is 3.84. The van der Waals surface area contributed by atoms with Gasteiger partial charge in [0.25, 0.3) is 0 Å². The van der Waals surface area contributed by atoms with Gasteiger partial charge in [-0.1, -0.05) is 6.92 Å². The number of rotatable bonds is 1. The second kappa shape index (κ2) is 2.24. The lowest BCUT2D eigenvalue weighted by molar-refractivity contribution is -0.274. The number of carbonyl (C=O) groups is 1. The number of aliphatic hydroxyl groups is 1. The Bertz CT molecular complexity index is 291. The van der Waals surface area contributed by atoms with Crippen LogP contribution in [0.4, 0.5) is 0 Å². The van der Waals surface area contributed by atoms with Crippen LogP contribution in [0.5, 0.6) is 0 Å². The summed E-state index contributed by atoms with van der Waals surface area (Å²) in [5.74, 6) is 2.18. The average Bonchev–Trinajstić information content (AvgIpc) is 1.99. The van der Waals surface area contributed by atoms with Crippen molar-refractivity contribution in [1.29, 1.82) is 0 Å². The van der Waals surface area contributed by atoms with Crippen molar-refractivity contribution in [3.63, 3.8) is 0 Å². The summed E-state index contributed by atoms with van der Waals surface area (Å²) in [4.78, 5) is 11.6. The SMILES string of the molecule is CC(=O)C1(C)CC2CC3(O)CC(C1)C23. The van der Waals surface area contributed by atoms with E-state index in [1.165, 1.54) is 0 Å². The van der Waals surface area contributed by atoms with Crippen LogP contribution in [0.3, 0.4) is 0 Å². The standard InChI is InChI=1S/C12H18O2/c1-7(13)11(2)3-8-5-12(14)6-9(4-11)10(8)12/h8-10,14H,3-6H2,1-2H3. The second-order valence-electron chi connectivity index (χ2n) is 6.08. The first-order valence-corrected chi connectivity index (χ1v) is 5.68. The molecule has 0 aromatic carbocycles. The maximum Gasteiger partial charge on any atom is 0.135 e. The molecule has 78 valence electrons. The van der Waals surface area contributed by atoms with Gasteiger partial charge >= 0.3 is 0 Å². The van der Waals surface area contributed by atoms with Crippen molar-refractivity contribution in [2.75, 3.05) is 0 Å². The molecule has 3 aliphatic carbocycles. The summed E-state index contributed by atoms with van der Waals surface area (Å²) >= 11 is 0. The van der Waals surface area contributed by atoms with Crippen LogP contribution in [-0.4, -0.2) is 16.5 Å². The number of hydrogen-bond acceptors (Lipinski definition) is 2. The number of Topliss-reactive ketones (excluding diaryl/α,β-unsaturated/α-hetero) is 1. The zero-order valence-corrected chi connectivity index (χ0v) is 8.92. The number of ketones is 1. The van der Waals surface area contributed by atoms with Gasteiger partial charge in [-0.2, -0.15) is 0 Å². The summed E-state index contributed by atoms with van der Waals surface area (Å²) in [7, 11) is 0. The van der Waals surface area contributed by atoms with E-state index >= 15 is 0 Å². The first kappa shape index (κ1) is 8.90. The highest BCUT2D eigenvalue weighted by molar-refractivity contribution is 5.82. The van der Waals surface area contributed by atoms with Crippen molar-refractivity contribution in [3.05, 3.63) is 0 Å². The lowest BCUT2D eigenvalue weighted by Gasteiger charge is -2.69. The van der Waals surface area contributed by atoms with Gasteiger partial charge in [-0.15, -0.1) is 0 Å². The van der Waals surface area contributed by atoms with Gasteiger partial charge < -0.3 is 5.11 Å². The second-order valence-corrected chi connectivity index (χ2v) is 6.08. The molecule has 0 aromatic rings. The van der Waals surface area contributed by atoms with Crippen molar-refractivity contribution in [2.45, 2.75) is 45.1 Å². The van der Waals surface area contributed by atoms with Crippen molar-refractivity contribution in [2.24, 2.45) is 23.2 Å². The minimum atomic E-state index is -0.298. The molecule has 3 saturated carbocycles. The molecule has 0 aliphatic heterocycles. The fourth-order valence-electron chi connectivity index (χ4n) is 4.39.